The van der Waals surface area contributed by atoms with Crippen molar-refractivity contribution in [1.82, 2.24) is 5.32 Å². The van der Waals surface area contributed by atoms with E-state index in [0.717, 1.165) is 12.8 Å². The number of hydrogen-bond donors (Lipinski definition) is 1. The zero-order chi connectivity index (χ0) is 22.7. The van der Waals surface area contributed by atoms with Gasteiger partial charge in [0.1, 0.15) is 29.2 Å². The largest absolute Gasteiger partial charge is 0.484 e. The fourth-order valence-corrected chi connectivity index (χ4v) is 4.06. The second-order valence-corrected chi connectivity index (χ2v) is 8.37. The normalized spacial score (nSPS) is 20.7. The second kappa shape index (κ2) is 9.42. The highest BCUT2D eigenvalue weighted by Gasteiger charge is 2.28. The average molecular weight is 439 g/mol. The van der Waals surface area contributed by atoms with Crippen molar-refractivity contribution in [3.8, 4) is 17.2 Å². The zero-order valence-electron chi connectivity index (χ0n) is 18.1. The van der Waals surface area contributed by atoms with Crippen LogP contribution in [0.3, 0.4) is 0 Å². The third kappa shape index (κ3) is 4.93. The van der Waals surface area contributed by atoms with E-state index in [4.69, 9.17) is 13.9 Å². The Morgan fingerprint density at radius 3 is 2.66 bits per heavy atom. The van der Waals surface area contributed by atoms with Crippen LogP contribution in [0.2, 0.25) is 0 Å². The standard InChI is InChI=1S/C25H26FNO5/c1-15-4-3-5-21(16(15)2)27-24(28)14-30-19-10-11-20-22(12-19)31-13-23(25(20)29)32-18-8-6-17(26)7-9-18/h6-13,15-16,21H,3-5,14H2,1-2H3,(H,27,28)/t15-,16+,21+/m1/s1. The highest BCUT2D eigenvalue weighted by atomic mass is 19.1. The van der Waals surface area contributed by atoms with Crippen LogP contribution in [-0.2, 0) is 4.79 Å². The van der Waals surface area contributed by atoms with Crippen LogP contribution in [0.25, 0.3) is 11.0 Å². The number of benzene rings is 2. The topological polar surface area (TPSA) is 77.8 Å². The van der Waals surface area contributed by atoms with Crippen LogP contribution in [0.5, 0.6) is 17.2 Å². The lowest BCUT2D eigenvalue weighted by Gasteiger charge is -2.34. The van der Waals surface area contributed by atoms with Crippen LogP contribution in [-0.4, -0.2) is 18.6 Å². The minimum absolute atomic E-state index is 0.00650. The van der Waals surface area contributed by atoms with Gasteiger partial charge in [0.2, 0.25) is 11.2 Å². The molecule has 3 aromatic rings. The predicted molar refractivity (Wildman–Crippen MR) is 119 cm³/mol. The fourth-order valence-electron chi connectivity index (χ4n) is 4.06. The van der Waals surface area contributed by atoms with Crippen molar-refractivity contribution in [3.63, 3.8) is 0 Å². The molecule has 4 rings (SSSR count). The molecule has 1 amide bonds. The Balaban J connectivity index is 1.40. The Labute approximate surface area is 185 Å². The molecule has 1 N–H and O–H groups in total. The van der Waals surface area contributed by atoms with Crippen molar-refractivity contribution in [1.29, 1.82) is 0 Å². The van der Waals surface area contributed by atoms with E-state index >= 15 is 0 Å². The Kier molecular flexibility index (Phi) is 6.44. The van der Waals surface area contributed by atoms with Crippen molar-refractivity contribution >= 4 is 16.9 Å². The molecular weight excluding hydrogens is 413 g/mol. The van der Waals surface area contributed by atoms with Crippen LogP contribution in [0.4, 0.5) is 4.39 Å². The minimum Gasteiger partial charge on any atom is -0.484 e. The van der Waals surface area contributed by atoms with Gasteiger partial charge in [0.15, 0.2) is 6.61 Å². The Hall–Kier alpha value is -3.35. The Morgan fingerprint density at radius 1 is 1.12 bits per heavy atom. The number of nitrogens with one attached hydrogen (secondary N) is 1. The molecule has 7 heteroatoms. The number of carbonyl (C=O) groups excluding carboxylic acids is 1. The number of carbonyl (C=O) groups is 1. The Morgan fingerprint density at radius 2 is 1.88 bits per heavy atom. The number of fused-ring (bicyclic) bond motifs is 1. The zero-order valence-corrected chi connectivity index (χ0v) is 18.1. The van der Waals surface area contributed by atoms with Gasteiger partial charge >= 0.3 is 0 Å². The number of hydrogen-bond acceptors (Lipinski definition) is 5. The molecule has 0 radical (unpaired) electrons. The van der Waals surface area contributed by atoms with Gasteiger partial charge in [-0.2, -0.15) is 0 Å². The van der Waals surface area contributed by atoms with Gasteiger partial charge in [-0.1, -0.05) is 26.7 Å². The van der Waals surface area contributed by atoms with E-state index in [-0.39, 0.29) is 29.7 Å². The van der Waals surface area contributed by atoms with Crippen molar-refractivity contribution in [3.05, 3.63) is 64.8 Å². The van der Waals surface area contributed by atoms with E-state index in [0.29, 0.717) is 34.3 Å². The summed E-state index contributed by atoms with van der Waals surface area (Å²) < 4.78 is 29.7. The molecule has 0 spiro atoms. The van der Waals surface area contributed by atoms with E-state index in [1.807, 2.05) is 0 Å². The summed E-state index contributed by atoms with van der Waals surface area (Å²) in [5.41, 5.74) is -0.0469. The van der Waals surface area contributed by atoms with Crippen LogP contribution >= 0.6 is 0 Å². The SMILES string of the molecule is C[C@H]1[C@H](C)CCC[C@@H]1NC(=O)COc1ccc2c(=O)c(Oc3ccc(F)cc3)coc2c1. The summed E-state index contributed by atoms with van der Waals surface area (Å²) in [4.78, 5) is 25.0. The molecule has 0 aliphatic heterocycles. The van der Waals surface area contributed by atoms with E-state index in [1.54, 1.807) is 18.2 Å². The highest BCUT2D eigenvalue weighted by molar-refractivity contribution is 5.80. The molecule has 0 unspecified atom stereocenters. The Bertz CT molecular complexity index is 1160. The smallest absolute Gasteiger partial charge is 0.258 e. The lowest BCUT2D eigenvalue weighted by atomic mass is 9.78. The van der Waals surface area contributed by atoms with Crippen molar-refractivity contribution in [2.45, 2.75) is 39.2 Å². The van der Waals surface area contributed by atoms with E-state index in [2.05, 4.69) is 19.2 Å². The first-order chi connectivity index (χ1) is 15.4. The molecular formula is C25H26FNO5. The molecule has 0 saturated heterocycles. The van der Waals surface area contributed by atoms with Gasteiger partial charge in [-0.15, -0.1) is 0 Å². The van der Waals surface area contributed by atoms with Crippen LogP contribution in [0.15, 0.2) is 57.9 Å². The van der Waals surface area contributed by atoms with Gasteiger partial charge < -0.3 is 19.2 Å². The molecule has 1 aliphatic rings. The number of halogens is 1. The summed E-state index contributed by atoms with van der Waals surface area (Å²) in [5, 5.41) is 3.38. The first-order valence-corrected chi connectivity index (χ1v) is 10.8. The third-order valence-corrected chi connectivity index (χ3v) is 6.18. The summed E-state index contributed by atoms with van der Waals surface area (Å²) in [6.45, 7) is 4.28. The quantitative estimate of drug-likeness (QED) is 0.582. The molecule has 1 fully saturated rings. The van der Waals surface area contributed by atoms with Crippen molar-refractivity contribution in [2.75, 3.05) is 6.61 Å². The number of amides is 1. The summed E-state index contributed by atoms with van der Waals surface area (Å²) in [6.07, 6.45) is 4.51. The van der Waals surface area contributed by atoms with Gasteiger partial charge in [-0.25, -0.2) is 4.39 Å². The van der Waals surface area contributed by atoms with Gasteiger partial charge in [0.25, 0.3) is 5.91 Å². The number of ether oxygens (including phenoxy) is 2. The maximum atomic E-state index is 13.0. The van der Waals surface area contributed by atoms with Gasteiger partial charge in [0.05, 0.1) is 5.39 Å². The highest BCUT2D eigenvalue weighted by Crippen LogP contribution is 2.29. The van der Waals surface area contributed by atoms with Gasteiger partial charge in [-0.3, -0.25) is 9.59 Å². The lowest BCUT2D eigenvalue weighted by molar-refractivity contribution is -0.124. The van der Waals surface area contributed by atoms with Gasteiger partial charge in [-0.05, 0) is 54.7 Å². The van der Waals surface area contributed by atoms with E-state index in [1.165, 1.54) is 36.9 Å². The summed E-state index contributed by atoms with van der Waals surface area (Å²) in [5.74, 6) is 1.21. The maximum Gasteiger partial charge on any atom is 0.258 e. The van der Waals surface area contributed by atoms with E-state index in [9.17, 15) is 14.0 Å². The molecule has 2 aromatic carbocycles. The monoisotopic (exact) mass is 439 g/mol. The van der Waals surface area contributed by atoms with Crippen LogP contribution in [0, 0.1) is 17.7 Å². The summed E-state index contributed by atoms with van der Waals surface area (Å²) >= 11 is 0. The average Bonchev–Trinajstić information content (AvgIpc) is 2.79. The van der Waals surface area contributed by atoms with E-state index < -0.39 is 5.82 Å². The summed E-state index contributed by atoms with van der Waals surface area (Å²) in [7, 11) is 0. The number of rotatable bonds is 6. The third-order valence-electron chi connectivity index (χ3n) is 6.18. The first-order valence-electron chi connectivity index (χ1n) is 10.8. The lowest BCUT2D eigenvalue weighted by Crippen LogP contribution is -2.45. The minimum atomic E-state index is -0.396. The molecule has 1 aromatic heterocycles. The molecule has 1 heterocycles. The van der Waals surface area contributed by atoms with Crippen LogP contribution in [0.1, 0.15) is 33.1 Å². The molecule has 6 nitrogen and oxygen atoms in total. The molecule has 3 atom stereocenters. The summed E-state index contributed by atoms with van der Waals surface area (Å²) in [6, 6.07) is 10.3. The molecule has 1 aliphatic carbocycles. The van der Waals surface area contributed by atoms with Crippen molar-refractivity contribution < 1.29 is 23.1 Å². The first kappa shape index (κ1) is 21.9. The van der Waals surface area contributed by atoms with Crippen LogP contribution < -0.4 is 20.2 Å². The molecule has 0 bridgehead atoms. The maximum absolute atomic E-state index is 13.0. The second-order valence-electron chi connectivity index (χ2n) is 8.37. The van der Waals surface area contributed by atoms with Crippen molar-refractivity contribution in [2.24, 2.45) is 11.8 Å². The predicted octanol–water partition coefficient (Wildman–Crippen LogP) is 5.04. The molecule has 168 valence electrons. The molecule has 1 saturated carbocycles. The van der Waals surface area contributed by atoms with Gasteiger partial charge in [0, 0.05) is 12.1 Å². The molecule has 32 heavy (non-hydrogen) atoms. The fraction of sp³-hybridized carbons (Fsp3) is 0.360.